The van der Waals surface area contributed by atoms with E-state index in [0.717, 1.165) is 21.9 Å². The highest BCUT2D eigenvalue weighted by Gasteiger charge is 2.52. The van der Waals surface area contributed by atoms with Crippen LogP contribution in [0.3, 0.4) is 0 Å². The first kappa shape index (κ1) is 28.0. The first-order valence-corrected chi connectivity index (χ1v) is 18.1. The maximum Gasteiger partial charge on any atom is 0.136 e. The molecule has 0 unspecified atom stereocenters. The summed E-state index contributed by atoms with van der Waals surface area (Å²) in [4.78, 5) is 0. The minimum Gasteiger partial charge on any atom is -0.456 e. The van der Waals surface area contributed by atoms with Crippen LogP contribution in [0, 0.1) is 0 Å². The summed E-state index contributed by atoms with van der Waals surface area (Å²) in [6.45, 7) is 0. The summed E-state index contributed by atoms with van der Waals surface area (Å²) in [5.41, 5.74) is 17.0. The number of benzene rings is 9. The van der Waals surface area contributed by atoms with Crippen molar-refractivity contribution in [3.63, 3.8) is 0 Å². The van der Waals surface area contributed by atoms with Crippen LogP contribution >= 0.6 is 0 Å². The Morgan fingerprint density at radius 2 is 0.962 bits per heavy atom. The van der Waals surface area contributed by atoms with Crippen LogP contribution in [0.15, 0.2) is 186 Å². The lowest BCUT2D eigenvalue weighted by molar-refractivity contribution is 0.669. The molecule has 0 saturated carbocycles. The van der Waals surface area contributed by atoms with E-state index >= 15 is 0 Å². The van der Waals surface area contributed by atoms with Crippen molar-refractivity contribution >= 4 is 43.5 Å². The van der Waals surface area contributed by atoms with E-state index in [0.29, 0.717) is 0 Å². The standard InChI is InChI=1S/C51H30O/c1-2-12-31(13-3-1)35-18-10-20-40-37(35)25-27-46-49(40)41-29-34(24-26-45(41)51(46)43-21-8-6-16-38(43)39-17-7-9-22-44(39)51)36-19-11-23-47-50(36)42-28-32-14-4-5-15-33(32)30-48(42)52-47/h1-30H. The molecule has 9 aromatic carbocycles. The molecule has 0 fully saturated rings. The van der Waals surface area contributed by atoms with E-state index in [-0.39, 0.29) is 0 Å². The van der Waals surface area contributed by atoms with Gasteiger partial charge in [0, 0.05) is 10.8 Å². The highest BCUT2D eigenvalue weighted by Crippen LogP contribution is 2.64. The Labute approximate surface area is 301 Å². The molecule has 10 aromatic rings. The molecule has 52 heavy (non-hydrogen) atoms. The Morgan fingerprint density at radius 3 is 1.77 bits per heavy atom. The van der Waals surface area contributed by atoms with Crippen LogP contribution in [0.4, 0.5) is 0 Å². The third kappa shape index (κ3) is 3.52. The van der Waals surface area contributed by atoms with E-state index in [2.05, 4.69) is 182 Å². The lowest BCUT2D eigenvalue weighted by Gasteiger charge is -2.30. The van der Waals surface area contributed by atoms with Crippen molar-refractivity contribution in [3.05, 3.63) is 204 Å². The molecule has 1 heterocycles. The molecule has 0 aliphatic heterocycles. The fourth-order valence-corrected chi connectivity index (χ4v) is 9.79. The highest BCUT2D eigenvalue weighted by atomic mass is 16.3. The Balaban J connectivity index is 1.19. The fourth-order valence-electron chi connectivity index (χ4n) is 9.79. The topological polar surface area (TPSA) is 13.1 Å². The maximum absolute atomic E-state index is 6.54. The van der Waals surface area contributed by atoms with Crippen molar-refractivity contribution in [3.8, 4) is 44.5 Å². The zero-order valence-electron chi connectivity index (χ0n) is 28.2. The summed E-state index contributed by atoms with van der Waals surface area (Å²) in [5, 5.41) is 7.28. The van der Waals surface area contributed by atoms with Gasteiger partial charge in [0.2, 0.25) is 0 Å². The van der Waals surface area contributed by atoms with Crippen molar-refractivity contribution in [1.82, 2.24) is 0 Å². The average Bonchev–Trinajstić information content (AvgIpc) is 3.83. The monoisotopic (exact) mass is 658 g/mol. The molecule has 1 spiro atoms. The van der Waals surface area contributed by atoms with Crippen LogP contribution in [0.2, 0.25) is 0 Å². The fraction of sp³-hybridized carbons (Fsp3) is 0.0196. The van der Waals surface area contributed by atoms with Gasteiger partial charge in [-0.15, -0.1) is 0 Å². The Morgan fingerprint density at radius 1 is 0.327 bits per heavy atom. The van der Waals surface area contributed by atoms with Gasteiger partial charge in [0.25, 0.3) is 0 Å². The minimum absolute atomic E-state index is 0.416. The van der Waals surface area contributed by atoms with Crippen molar-refractivity contribution in [2.24, 2.45) is 0 Å². The van der Waals surface area contributed by atoms with Gasteiger partial charge in [-0.2, -0.15) is 0 Å². The van der Waals surface area contributed by atoms with Crippen molar-refractivity contribution in [2.45, 2.75) is 5.41 Å². The summed E-state index contributed by atoms with van der Waals surface area (Å²) in [6, 6.07) is 67.3. The Kier molecular flexibility index (Phi) is 5.49. The summed E-state index contributed by atoms with van der Waals surface area (Å²) in [5.74, 6) is 0. The second kappa shape index (κ2) is 10.2. The van der Waals surface area contributed by atoms with E-state index in [4.69, 9.17) is 4.42 Å². The average molecular weight is 659 g/mol. The first-order chi connectivity index (χ1) is 25.8. The third-order valence-electron chi connectivity index (χ3n) is 11.9. The quantitative estimate of drug-likeness (QED) is 0.180. The Hall–Kier alpha value is -6.70. The normalized spacial score (nSPS) is 13.5. The summed E-state index contributed by atoms with van der Waals surface area (Å²) < 4.78 is 6.54. The van der Waals surface area contributed by atoms with E-state index < -0.39 is 5.41 Å². The number of rotatable bonds is 2. The molecule has 0 bridgehead atoms. The molecule has 12 rings (SSSR count). The molecule has 240 valence electrons. The molecule has 2 aliphatic rings. The van der Waals surface area contributed by atoms with E-state index in [1.807, 2.05) is 0 Å². The van der Waals surface area contributed by atoms with Crippen LogP contribution in [0.1, 0.15) is 22.3 Å². The summed E-state index contributed by atoms with van der Waals surface area (Å²) in [7, 11) is 0. The molecule has 0 atom stereocenters. The molecule has 0 amide bonds. The van der Waals surface area contributed by atoms with Crippen molar-refractivity contribution in [2.75, 3.05) is 0 Å². The first-order valence-electron chi connectivity index (χ1n) is 18.1. The third-order valence-corrected chi connectivity index (χ3v) is 11.9. The van der Waals surface area contributed by atoms with Gasteiger partial charge in [-0.1, -0.05) is 158 Å². The van der Waals surface area contributed by atoms with E-state index in [9.17, 15) is 0 Å². The Bertz CT molecular complexity index is 3080. The van der Waals surface area contributed by atoms with Gasteiger partial charge in [-0.25, -0.2) is 0 Å². The number of hydrogen-bond acceptors (Lipinski definition) is 1. The van der Waals surface area contributed by atoms with Gasteiger partial charge < -0.3 is 4.42 Å². The van der Waals surface area contributed by atoms with Crippen LogP contribution in [-0.4, -0.2) is 0 Å². The number of furan rings is 1. The summed E-state index contributed by atoms with van der Waals surface area (Å²) in [6.07, 6.45) is 0. The molecule has 0 N–H and O–H groups in total. The zero-order chi connectivity index (χ0) is 34.0. The van der Waals surface area contributed by atoms with Crippen LogP contribution < -0.4 is 0 Å². The summed E-state index contributed by atoms with van der Waals surface area (Å²) >= 11 is 0. The maximum atomic E-state index is 6.54. The van der Waals surface area contributed by atoms with Gasteiger partial charge in [-0.05, 0) is 113 Å². The SMILES string of the molecule is c1ccc(-c2cccc3c4c(ccc23)C2(c3ccccc3-c3ccccc32)c2ccc(-c3cccc5oc6cc7ccccc7cc6c35)cc2-4)cc1. The highest BCUT2D eigenvalue weighted by molar-refractivity contribution is 6.16. The van der Waals surface area contributed by atoms with Crippen LogP contribution in [-0.2, 0) is 5.41 Å². The van der Waals surface area contributed by atoms with E-state index in [1.165, 1.54) is 88.3 Å². The predicted molar refractivity (Wildman–Crippen MR) is 216 cm³/mol. The zero-order valence-corrected chi connectivity index (χ0v) is 28.2. The van der Waals surface area contributed by atoms with Gasteiger partial charge in [-0.3, -0.25) is 0 Å². The molecule has 1 nitrogen and oxygen atoms in total. The number of fused-ring (bicyclic) bond motifs is 16. The molecular weight excluding hydrogens is 629 g/mol. The molecular formula is C51H30O. The van der Waals surface area contributed by atoms with E-state index in [1.54, 1.807) is 0 Å². The number of hydrogen-bond donors (Lipinski definition) is 0. The smallest absolute Gasteiger partial charge is 0.136 e. The van der Waals surface area contributed by atoms with Crippen LogP contribution in [0.5, 0.6) is 0 Å². The molecule has 1 heteroatoms. The molecule has 2 aliphatic carbocycles. The van der Waals surface area contributed by atoms with Gasteiger partial charge >= 0.3 is 0 Å². The second-order valence-corrected chi connectivity index (χ2v) is 14.3. The predicted octanol–water partition coefficient (Wildman–Crippen LogP) is 13.6. The largest absolute Gasteiger partial charge is 0.456 e. The van der Waals surface area contributed by atoms with Gasteiger partial charge in [0.15, 0.2) is 0 Å². The lowest BCUT2D eigenvalue weighted by atomic mass is 9.70. The van der Waals surface area contributed by atoms with Gasteiger partial charge in [0.1, 0.15) is 11.2 Å². The minimum atomic E-state index is -0.416. The van der Waals surface area contributed by atoms with Gasteiger partial charge in [0.05, 0.1) is 5.41 Å². The molecule has 0 radical (unpaired) electrons. The van der Waals surface area contributed by atoms with Crippen molar-refractivity contribution < 1.29 is 4.42 Å². The van der Waals surface area contributed by atoms with Crippen LogP contribution in [0.25, 0.3) is 88.0 Å². The second-order valence-electron chi connectivity index (χ2n) is 14.3. The molecule has 1 aromatic heterocycles. The lowest BCUT2D eigenvalue weighted by Crippen LogP contribution is -2.25. The molecule has 0 saturated heterocycles. The van der Waals surface area contributed by atoms with Crippen molar-refractivity contribution in [1.29, 1.82) is 0 Å².